The molecule has 9 nitrogen and oxygen atoms in total. The predicted molar refractivity (Wildman–Crippen MR) is 116 cm³/mol. The molecule has 1 aromatic carbocycles. The fourth-order valence-corrected chi connectivity index (χ4v) is 4.13. The summed E-state index contributed by atoms with van der Waals surface area (Å²) in [5.74, 6) is 1.60. The number of piperazine rings is 1. The van der Waals surface area contributed by atoms with Crippen molar-refractivity contribution >= 4 is 22.7 Å². The number of methoxy groups -OCH3 is 1. The summed E-state index contributed by atoms with van der Waals surface area (Å²) in [5.41, 5.74) is 0.833. The highest BCUT2D eigenvalue weighted by molar-refractivity contribution is 5.84. The van der Waals surface area contributed by atoms with Crippen LogP contribution in [0.4, 0.5) is 20.4 Å². The molecule has 1 N–H and O–H groups in total. The predicted octanol–water partition coefficient (Wildman–Crippen LogP) is 2.01. The lowest BCUT2D eigenvalue weighted by molar-refractivity contribution is 0.122. The number of hydrogen-bond donors (Lipinski definition) is 1. The first-order chi connectivity index (χ1) is 15.7. The van der Waals surface area contributed by atoms with Crippen LogP contribution in [-0.4, -0.2) is 79.1 Å². The Balaban J connectivity index is 1.70. The Bertz CT molecular complexity index is 1060. The number of aromatic nitrogens is 4. The summed E-state index contributed by atoms with van der Waals surface area (Å²) in [6.07, 6.45) is -2.80. The smallest absolute Gasteiger partial charge is 0.296 e. The van der Waals surface area contributed by atoms with Crippen molar-refractivity contribution in [1.82, 2.24) is 24.8 Å². The van der Waals surface area contributed by atoms with Crippen LogP contribution in [0.25, 0.3) is 17.0 Å². The van der Waals surface area contributed by atoms with E-state index in [1.165, 1.54) is 11.7 Å². The molecule has 0 bridgehead atoms. The molecule has 2 aliphatic heterocycles. The highest BCUT2D eigenvalue weighted by atomic mass is 19.3. The quantitative estimate of drug-likeness (QED) is 0.639. The lowest BCUT2D eigenvalue weighted by Crippen LogP contribution is -2.44. The van der Waals surface area contributed by atoms with Crippen LogP contribution in [0.3, 0.4) is 0 Å². The maximum atomic E-state index is 14.1. The van der Waals surface area contributed by atoms with Crippen molar-refractivity contribution in [3.8, 4) is 11.7 Å². The lowest BCUT2D eigenvalue weighted by atomic mass is 10.3. The highest BCUT2D eigenvalue weighted by Crippen LogP contribution is 2.33. The molecule has 5 rings (SSSR count). The van der Waals surface area contributed by atoms with Crippen LogP contribution in [0.2, 0.25) is 0 Å². The van der Waals surface area contributed by atoms with Gasteiger partial charge in [-0.2, -0.15) is 9.97 Å². The van der Waals surface area contributed by atoms with Gasteiger partial charge in [-0.25, -0.2) is 13.8 Å². The van der Waals surface area contributed by atoms with Crippen molar-refractivity contribution in [2.24, 2.45) is 0 Å². The van der Waals surface area contributed by atoms with Gasteiger partial charge in [0.05, 0.1) is 25.8 Å². The van der Waals surface area contributed by atoms with E-state index >= 15 is 0 Å². The number of halogens is 2. The number of hydrogen-bond acceptors (Lipinski definition) is 8. The van der Waals surface area contributed by atoms with Gasteiger partial charge in [-0.15, -0.1) is 0 Å². The Morgan fingerprint density at radius 1 is 1.00 bits per heavy atom. The molecule has 0 amide bonds. The van der Waals surface area contributed by atoms with Gasteiger partial charge in [0, 0.05) is 45.3 Å². The summed E-state index contributed by atoms with van der Waals surface area (Å²) in [5, 5.41) is 3.33. The molecule has 0 spiro atoms. The molecular formula is C21H25F2N7O2. The summed E-state index contributed by atoms with van der Waals surface area (Å²) in [6.45, 7) is 5.76. The molecule has 2 aliphatic rings. The summed E-state index contributed by atoms with van der Waals surface area (Å²) in [4.78, 5) is 17.9. The first-order valence-corrected chi connectivity index (χ1v) is 10.7. The number of rotatable bonds is 5. The molecule has 2 saturated heterocycles. The molecule has 0 radical (unpaired) electrons. The van der Waals surface area contributed by atoms with E-state index in [-0.39, 0.29) is 5.95 Å². The fraction of sp³-hybridized carbons (Fsp3) is 0.476. The Kier molecular flexibility index (Phi) is 5.75. The number of nitrogens with one attached hydrogen (secondary N) is 1. The molecule has 0 atom stereocenters. The number of fused-ring (bicyclic) bond motifs is 1. The van der Waals surface area contributed by atoms with Gasteiger partial charge < -0.3 is 24.6 Å². The molecule has 2 aromatic heterocycles. The second-order valence-corrected chi connectivity index (χ2v) is 7.65. The number of ether oxygens (including phenoxy) is 2. The van der Waals surface area contributed by atoms with E-state index in [0.717, 1.165) is 26.2 Å². The summed E-state index contributed by atoms with van der Waals surface area (Å²) >= 11 is 0. The van der Waals surface area contributed by atoms with Crippen LogP contribution in [0.1, 0.15) is 12.2 Å². The zero-order valence-corrected chi connectivity index (χ0v) is 17.8. The topological polar surface area (TPSA) is 80.6 Å². The molecule has 0 unspecified atom stereocenters. The van der Waals surface area contributed by atoms with Crippen molar-refractivity contribution in [3.05, 3.63) is 30.1 Å². The molecule has 3 aromatic rings. The molecule has 0 saturated carbocycles. The number of nitrogens with zero attached hydrogens (tertiary/aromatic N) is 6. The number of anilines is 2. The van der Waals surface area contributed by atoms with Crippen molar-refractivity contribution < 1.29 is 18.3 Å². The lowest BCUT2D eigenvalue weighted by Gasteiger charge is -2.31. The largest absolute Gasteiger partial charge is 0.494 e. The van der Waals surface area contributed by atoms with Gasteiger partial charge in [0.2, 0.25) is 5.95 Å². The minimum atomic E-state index is -2.80. The van der Waals surface area contributed by atoms with Crippen molar-refractivity contribution in [1.29, 1.82) is 0 Å². The van der Waals surface area contributed by atoms with E-state index in [1.54, 1.807) is 18.2 Å². The second kappa shape index (κ2) is 8.83. The number of para-hydroxylation sites is 1. The monoisotopic (exact) mass is 445 g/mol. The van der Waals surface area contributed by atoms with Gasteiger partial charge in [0.1, 0.15) is 22.9 Å². The third kappa shape index (κ3) is 3.82. The van der Waals surface area contributed by atoms with E-state index in [9.17, 15) is 8.78 Å². The Morgan fingerprint density at radius 2 is 1.69 bits per heavy atom. The number of imidazole rings is 1. The standard InChI is InChI=1S/C21H25F2N7O2/c1-31-15-4-2-3-14-18(15)27-20(19(22)23)30(14)21-25-16(28-7-5-24-6-8-28)13-17(26-21)29-9-11-32-12-10-29/h2-4,13,19,24H,5-12H2,1H3. The summed E-state index contributed by atoms with van der Waals surface area (Å²) in [6, 6.07) is 7.11. The maximum Gasteiger partial charge on any atom is 0.296 e. The van der Waals surface area contributed by atoms with Crippen LogP contribution >= 0.6 is 0 Å². The number of benzene rings is 1. The van der Waals surface area contributed by atoms with Crippen LogP contribution in [-0.2, 0) is 4.74 Å². The number of morpholine rings is 1. The minimum absolute atomic E-state index is 0.175. The van der Waals surface area contributed by atoms with Gasteiger partial charge in [-0.05, 0) is 12.1 Å². The van der Waals surface area contributed by atoms with Crippen LogP contribution < -0.4 is 19.9 Å². The van der Waals surface area contributed by atoms with E-state index in [4.69, 9.17) is 19.4 Å². The molecule has 4 heterocycles. The molecule has 2 fully saturated rings. The van der Waals surface area contributed by atoms with E-state index < -0.39 is 12.2 Å². The van der Waals surface area contributed by atoms with E-state index in [1.807, 2.05) is 6.07 Å². The molecule has 32 heavy (non-hydrogen) atoms. The van der Waals surface area contributed by atoms with Gasteiger partial charge >= 0.3 is 0 Å². The van der Waals surface area contributed by atoms with E-state index in [2.05, 4.69) is 20.1 Å². The molecule has 0 aliphatic carbocycles. The van der Waals surface area contributed by atoms with Crippen LogP contribution in [0.15, 0.2) is 24.3 Å². The van der Waals surface area contributed by atoms with E-state index in [0.29, 0.717) is 54.7 Å². The van der Waals surface area contributed by atoms with Crippen molar-refractivity contribution in [2.45, 2.75) is 6.43 Å². The maximum absolute atomic E-state index is 14.1. The summed E-state index contributed by atoms with van der Waals surface area (Å²) < 4.78 is 40.3. The highest BCUT2D eigenvalue weighted by Gasteiger charge is 2.26. The zero-order valence-electron chi connectivity index (χ0n) is 17.8. The van der Waals surface area contributed by atoms with Crippen molar-refractivity contribution in [2.75, 3.05) is 69.4 Å². The SMILES string of the molecule is COc1cccc2c1nc(C(F)F)n2-c1nc(N2CCNCC2)cc(N2CCOCC2)n1. The Hall–Kier alpha value is -3.05. The van der Waals surface area contributed by atoms with Gasteiger partial charge in [0.25, 0.3) is 6.43 Å². The van der Waals surface area contributed by atoms with Gasteiger partial charge in [0.15, 0.2) is 5.82 Å². The number of alkyl halides is 2. The van der Waals surface area contributed by atoms with Crippen LogP contribution in [0, 0.1) is 0 Å². The fourth-order valence-electron chi connectivity index (χ4n) is 4.13. The molecular weight excluding hydrogens is 420 g/mol. The average molecular weight is 445 g/mol. The molecule has 170 valence electrons. The van der Waals surface area contributed by atoms with Gasteiger partial charge in [-0.3, -0.25) is 4.57 Å². The normalized spacial score (nSPS) is 17.4. The Morgan fingerprint density at radius 3 is 2.34 bits per heavy atom. The average Bonchev–Trinajstić information content (AvgIpc) is 3.25. The first kappa shape index (κ1) is 20.8. The minimum Gasteiger partial charge on any atom is -0.494 e. The summed E-state index contributed by atoms with van der Waals surface area (Å²) in [7, 11) is 1.49. The van der Waals surface area contributed by atoms with Gasteiger partial charge in [-0.1, -0.05) is 6.07 Å². The third-order valence-corrected chi connectivity index (χ3v) is 5.75. The Labute approximate surface area is 184 Å². The first-order valence-electron chi connectivity index (χ1n) is 10.7. The second-order valence-electron chi connectivity index (χ2n) is 7.65. The van der Waals surface area contributed by atoms with Crippen molar-refractivity contribution in [3.63, 3.8) is 0 Å². The zero-order chi connectivity index (χ0) is 22.1. The van der Waals surface area contributed by atoms with Crippen LogP contribution in [0.5, 0.6) is 5.75 Å². The molecule has 11 heteroatoms. The third-order valence-electron chi connectivity index (χ3n) is 5.75.